The van der Waals surface area contributed by atoms with Gasteiger partial charge in [0.2, 0.25) is 0 Å². The number of aliphatic hydroxyl groups is 4. The van der Waals surface area contributed by atoms with Gasteiger partial charge in [-0.1, -0.05) is 0 Å². The molecule has 120 valence electrons. The molecule has 0 aromatic heterocycles. The minimum absolute atomic E-state index is 0. The van der Waals surface area contributed by atoms with E-state index in [4.69, 9.17) is 14.7 Å². The summed E-state index contributed by atoms with van der Waals surface area (Å²) < 4.78 is 29.1. The van der Waals surface area contributed by atoms with Crippen LogP contribution in [-0.4, -0.2) is 71.7 Å². The molecule has 0 aromatic rings. The van der Waals surface area contributed by atoms with Gasteiger partial charge in [-0.05, 0) is 0 Å². The van der Waals surface area contributed by atoms with Crippen LogP contribution in [0.3, 0.4) is 0 Å². The van der Waals surface area contributed by atoms with E-state index in [-0.39, 0.29) is 51.4 Å². The largest absolute Gasteiger partial charge is 1.00 e. The summed E-state index contributed by atoms with van der Waals surface area (Å²) in [6.07, 6.45) is -13.1. The third-order valence-corrected chi connectivity index (χ3v) is 3.59. The number of hydrogen-bond donors (Lipinski definition) is 7. The average molecular weight is 378 g/mol. The Morgan fingerprint density at radius 1 is 0.762 bits per heavy atom. The van der Waals surface area contributed by atoms with Crippen molar-refractivity contribution < 1.29 is 110 Å². The van der Waals surface area contributed by atoms with Gasteiger partial charge < -0.3 is 44.5 Å². The number of rotatable bonds is 4. The van der Waals surface area contributed by atoms with Crippen LogP contribution in [0, 0.1) is 0 Å². The Hall–Kier alpha value is 1.70. The molecule has 7 N–H and O–H groups in total. The fourth-order valence-electron chi connectivity index (χ4n) is 1.74. The Balaban J connectivity index is 0.00000400. The topological polar surface area (TPSA) is 217 Å². The number of phosphoric acid groups is 2. The molecule has 7 atom stereocenters. The van der Waals surface area contributed by atoms with Crippen LogP contribution in [0.5, 0.6) is 0 Å². The summed E-state index contributed by atoms with van der Waals surface area (Å²) in [6.45, 7) is 0. The maximum absolute atomic E-state index is 10.6. The smallest absolute Gasteiger partial charge is 0.756 e. The van der Waals surface area contributed by atoms with Crippen molar-refractivity contribution in [2.24, 2.45) is 0 Å². The summed E-state index contributed by atoms with van der Waals surface area (Å²) in [4.78, 5) is 36.1. The van der Waals surface area contributed by atoms with Gasteiger partial charge in [-0.2, -0.15) is 0 Å². The van der Waals surface area contributed by atoms with Gasteiger partial charge in [0.25, 0.3) is 7.82 Å². The van der Waals surface area contributed by atoms with Crippen LogP contribution in [0.1, 0.15) is 0 Å². The predicted molar refractivity (Wildman–Crippen MR) is 55.6 cm³/mol. The van der Waals surface area contributed by atoms with Crippen molar-refractivity contribution in [1.29, 1.82) is 0 Å². The van der Waals surface area contributed by atoms with E-state index in [1.807, 2.05) is 0 Å². The zero-order chi connectivity index (χ0) is 15.9. The first kappa shape index (κ1) is 22.7. The number of hydrogen-bond acceptors (Lipinski definition) is 9. The van der Waals surface area contributed by atoms with Crippen LogP contribution in [-0.2, 0) is 18.2 Å². The summed E-state index contributed by atoms with van der Waals surface area (Å²) in [5, 5.41) is 38.0. The normalized spacial score (nSPS) is 40.2. The van der Waals surface area contributed by atoms with Crippen molar-refractivity contribution in [3.05, 3.63) is 0 Å². The Morgan fingerprint density at radius 3 is 1.29 bits per heavy atom. The summed E-state index contributed by atoms with van der Waals surface area (Å²) in [5.41, 5.74) is 0. The van der Waals surface area contributed by atoms with Gasteiger partial charge in [0.1, 0.15) is 36.6 Å². The molecular formula is C6H13KO12P2. The van der Waals surface area contributed by atoms with E-state index in [0.717, 1.165) is 0 Å². The molecule has 1 aliphatic carbocycles. The molecule has 0 aliphatic heterocycles. The predicted octanol–water partition coefficient (Wildman–Crippen LogP) is -7.23. The number of phosphoric ester groups is 2. The second-order valence-electron chi connectivity index (χ2n) is 4.06. The van der Waals surface area contributed by atoms with Crippen LogP contribution in [0.25, 0.3) is 0 Å². The molecule has 0 spiro atoms. The van der Waals surface area contributed by atoms with Gasteiger partial charge in [-0.15, -0.1) is 0 Å². The summed E-state index contributed by atoms with van der Waals surface area (Å²) in [5.74, 6) is 0. The Morgan fingerprint density at radius 2 is 1.05 bits per heavy atom. The molecule has 12 nitrogen and oxygen atoms in total. The van der Waals surface area contributed by atoms with Crippen LogP contribution in [0.2, 0.25) is 0 Å². The van der Waals surface area contributed by atoms with E-state index in [0.29, 0.717) is 0 Å². The maximum Gasteiger partial charge on any atom is 1.00 e. The van der Waals surface area contributed by atoms with E-state index >= 15 is 0 Å². The molecule has 0 saturated heterocycles. The molecule has 1 fully saturated rings. The SMILES string of the molecule is O=P([O-])(O)OC1[C@H](O)[C@H](O)C(OP(=O)(O)O)[C@H](O)[C@H]1O.[K+]. The molecule has 21 heavy (non-hydrogen) atoms. The zero-order valence-corrected chi connectivity index (χ0v) is 15.4. The van der Waals surface area contributed by atoms with Crippen LogP contribution in [0.4, 0.5) is 0 Å². The summed E-state index contributed by atoms with van der Waals surface area (Å²) >= 11 is 0. The number of aliphatic hydroxyl groups excluding tert-OH is 4. The second-order valence-corrected chi connectivity index (χ2v) is 6.40. The summed E-state index contributed by atoms with van der Waals surface area (Å²) in [7, 11) is -10.6. The van der Waals surface area contributed by atoms with Crippen LogP contribution in [0.15, 0.2) is 0 Å². The first-order valence-corrected chi connectivity index (χ1v) is 8.04. The quantitative estimate of drug-likeness (QED) is 0.179. The Labute approximate surface area is 160 Å². The molecule has 0 radical (unpaired) electrons. The van der Waals surface area contributed by atoms with Crippen molar-refractivity contribution >= 4 is 15.6 Å². The fraction of sp³-hybridized carbons (Fsp3) is 1.00. The van der Waals surface area contributed by atoms with E-state index in [1.165, 1.54) is 0 Å². The van der Waals surface area contributed by atoms with E-state index in [9.17, 15) is 34.4 Å². The van der Waals surface area contributed by atoms with Crippen LogP contribution < -0.4 is 56.3 Å². The monoisotopic (exact) mass is 378 g/mol. The van der Waals surface area contributed by atoms with Crippen molar-refractivity contribution in [3.63, 3.8) is 0 Å². The third kappa shape index (κ3) is 6.61. The minimum Gasteiger partial charge on any atom is -0.756 e. The first-order chi connectivity index (χ1) is 8.83. The molecule has 0 heterocycles. The molecule has 3 unspecified atom stereocenters. The Bertz CT molecular complexity index is 377. The molecule has 1 saturated carbocycles. The van der Waals surface area contributed by atoms with Crippen LogP contribution >= 0.6 is 15.6 Å². The van der Waals surface area contributed by atoms with Crippen molar-refractivity contribution in [1.82, 2.24) is 0 Å². The fourth-order valence-corrected chi connectivity index (χ4v) is 2.87. The van der Waals surface area contributed by atoms with E-state index < -0.39 is 52.3 Å². The van der Waals surface area contributed by atoms with Crippen molar-refractivity contribution in [2.45, 2.75) is 36.6 Å². The molecular weight excluding hydrogens is 365 g/mol. The minimum atomic E-state index is -5.41. The second kappa shape index (κ2) is 8.18. The molecule has 1 aliphatic rings. The van der Waals surface area contributed by atoms with Crippen molar-refractivity contribution in [3.8, 4) is 0 Å². The van der Waals surface area contributed by atoms with Gasteiger partial charge in [-0.3, -0.25) is 9.09 Å². The standard InChI is InChI=1S/C6H14O12P2.K/c7-1-2(8)6(18-20(14,15)16)4(10)3(9)5(1)17-19(11,12)13;/h1-10H,(H2,11,12,13)(H2,14,15,16);/q;+1/p-1/t1-,2-,3-,4+,5?,6?;/m1./s1. The van der Waals surface area contributed by atoms with Gasteiger partial charge in [0.05, 0.1) is 0 Å². The van der Waals surface area contributed by atoms with Gasteiger partial charge in [-0.25, -0.2) is 4.57 Å². The van der Waals surface area contributed by atoms with E-state index in [2.05, 4.69) is 9.05 Å². The molecule has 0 aromatic carbocycles. The van der Waals surface area contributed by atoms with Crippen molar-refractivity contribution in [2.75, 3.05) is 0 Å². The molecule has 0 amide bonds. The van der Waals surface area contributed by atoms with Gasteiger partial charge in [0, 0.05) is 0 Å². The molecule has 15 heteroatoms. The summed E-state index contributed by atoms with van der Waals surface area (Å²) in [6, 6.07) is 0. The van der Waals surface area contributed by atoms with Gasteiger partial charge in [0.15, 0.2) is 0 Å². The average Bonchev–Trinajstić information content (AvgIpc) is 2.25. The van der Waals surface area contributed by atoms with Gasteiger partial charge >= 0.3 is 59.2 Å². The Kier molecular flexibility index (Phi) is 8.85. The molecule has 1 rings (SSSR count). The maximum atomic E-state index is 10.6. The van der Waals surface area contributed by atoms with E-state index in [1.54, 1.807) is 0 Å². The first-order valence-electron chi connectivity index (χ1n) is 5.02. The zero-order valence-electron chi connectivity index (χ0n) is 10.5. The molecule has 0 bridgehead atoms. The third-order valence-electron chi connectivity index (χ3n) is 2.56.